The third-order valence-corrected chi connectivity index (χ3v) is 7.97. The van der Waals surface area contributed by atoms with E-state index in [2.05, 4.69) is 30.1 Å². The molecule has 0 aliphatic carbocycles. The van der Waals surface area contributed by atoms with Gasteiger partial charge in [-0.25, -0.2) is 0 Å². The van der Waals surface area contributed by atoms with Crippen LogP contribution in [0, 0.1) is 0 Å². The van der Waals surface area contributed by atoms with Gasteiger partial charge >= 0.3 is 0 Å². The first kappa shape index (κ1) is 32.5. The minimum absolute atomic E-state index is 0.0415. The van der Waals surface area contributed by atoms with Crippen molar-refractivity contribution in [3.05, 3.63) is 99.4 Å². The number of anilines is 1. The number of unbranched alkanes of at least 4 members (excludes halogenated alkanes) is 2. The van der Waals surface area contributed by atoms with Gasteiger partial charge in [-0.2, -0.15) is 0 Å². The predicted octanol–water partition coefficient (Wildman–Crippen LogP) is 8.29. The van der Waals surface area contributed by atoms with E-state index in [0.29, 0.717) is 23.7 Å². The Morgan fingerprint density at radius 1 is 0.927 bits per heavy atom. The molecule has 5 nitrogen and oxygen atoms in total. The van der Waals surface area contributed by atoms with E-state index in [0.717, 1.165) is 52.7 Å². The zero-order chi connectivity index (χ0) is 29.5. The third kappa shape index (κ3) is 11.0. The van der Waals surface area contributed by atoms with E-state index in [4.69, 9.17) is 11.6 Å². The number of hydrogen-bond donors (Lipinski definition) is 1. The van der Waals surface area contributed by atoms with Crippen molar-refractivity contribution in [1.82, 2.24) is 10.2 Å². The Hall–Kier alpha value is -3.06. The average molecular weight is 592 g/mol. The molecule has 0 radical (unpaired) electrons. The van der Waals surface area contributed by atoms with E-state index < -0.39 is 0 Å². The molecule has 3 aromatic carbocycles. The molecule has 1 N–H and O–H groups in total. The van der Waals surface area contributed by atoms with Gasteiger partial charge < -0.3 is 15.1 Å². The number of halogens is 1. The van der Waals surface area contributed by atoms with Crippen LogP contribution in [-0.4, -0.2) is 43.4 Å². The Kier molecular flexibility index (Phi) is 14.0. The van der Waals surface area contributed by atoms with Gasteiger partial charge in [0.05, 0.1) is 12.2 Å². The van der Waals surface area contributed by atoms with Crippen molar-refractivity contribution in [1.29, 1.82) is 0 Å². The van der Waals surface area contributed by atoms with Crippen LogP contribution in [0.2, 0.25) is 5.02 Å². The Balaban J connectivity index is 1.60. The Bertz CT molecular complexity index is 1270. The summed E-state index contributed by atoms with van der Waals surface area (Å²) in [4.78, 5) is 30.9. The van der Waals surface area contributed by atoms with Crippen LogP contribution in [0.5, 0.6) is 0 Å². The maximum absolute atomic E-state index is 12.7. The number of nitrogens with one attached hydrogen (secondary N) is 1. The van der Waals surface area contributed by atoms with E-state index in [1.54, 1.807) is 16.7 Å². The molecule has 3 aromatic rings. The number of para-hydroxylation sites is 1. The van der Waals surface area contributed by atoms with Crippen molar-refractivity contribution < 1.29 is 9.59 Å². The summed E-state index contributed by atoms with van der Waals surface area (Å²) in [6.07, 6.45) is 7.69. The van der Waals surface area contributed by atoms with Gasteiger partial charge in [-0.3, -0.25) is 9.59 Å². The SMILES string of the molecule is CCCCN(CCCC)CCNC(=O)c1ccc(/C=C(/C)Sc2ccccc2N(C=O)Cc2cccc(Cl)c2)cc1. The number of carbonyl (C=O) groups excluding carboxylic acids is 2. The van der Waals surface area contributed by atoms with E-state index in [9.17, 15) is 9.59 Å². The monoisotopic (exact) mass is 591 g/mol. The lowest BCUT2D eigenvalue weighted by Crippen LogP contribution is -2.36. The molecule has 0 spiro atoms. The zero-order valence-corrected chi connectivity index (χ0v) is 26.0. The van der Waals surface area contributed by atoms with Crippen LogP contribution in [0.25, 0.3) is 6.08 Å². The second-order valence-corrected chi connectivity index (χ2v) is 11.8. The highest BCUT2D eigenvalue weighted by Crippen LogP contribution is 2.35. The van der Waals surface area contributed by atoms with E-state index in [-0.39, 0.29) is 5.91 Å². The van der Waals surface area contributed by atoms with Crippen LogP contribution in [0.3, 0.4) is 0 Å². The zero-order valence-electron chi connectivity index (χ0n) is 24.4. The smallest absolute Gasteiger partial charge is 0.251 e. The third-order valence-electron chi connectivity index (χ3n) is 6.73. The molecule has 3 rings (SSSR count). The topological polar surface area (TPSA) is 52.7 Å². The molecule has 41 heavy (non-hydrogen) atoms. The van der Waals surface area contributed by atoms with Gasteiger partial charge in [0.15, 0.2) is 0 Å². The van der Waals surface area contributed by atoms with E-state index in [1.165, 1.54) is 25.7 Å². The second kappa shape index (κ2) is 17.7. The molecule has 0 fully saturated rings. The van der Waals surface area contributed by atoms with Gasteiger partial charge in [-0.15, -0.1) is 0 Å². The first-order chi connectivity index (χ1) is 19.9. The fourth-order valence-corrected chi connectivity index (χ4v) is 5.68. The minimum Gasteiger partial charge on any atom is -0.351 e. The molecule has 0 saturated carbocycles. The van der Waals surface area contributed by atoms with Crippen LogP contribution in [0.15, 0.2) is 82.6 Å². The maximum Gasteiger partial charge on any atom is 0.251 e. The van der Waals surface area contributed by atoms with Crippen molar-refractivity contribution >= 4 is 47.4 Å². The molecular formula is C34H42ClN3O2S. The summed E-state index contributed by atoms with van der Waals surface area (Å²) in [5.74, 6) is -0.0415. The summed E-state index contributed by atoms with van der Waals surface area (Å²) in [5, 5.41) is 3.73. The Morgan fingerprint density at radius 3 is 2.29 bits per heavy atom. The first-order valence-electron chi connectivity index (χ1n) is 14.5. The number of hydrogen-bond acceptors (Lipinski definition) is 4. The fourth-order valence-electron chi connectivity index (χ4n) is 4.49. The van der Waals surface area contributed by atoms with Crippen molar-refractivity contribution in [2.24, 2.45) is 0 Å². The molecule has 0 aromatic heterocycles. The summed E-state index contributed by atoms with van der Waals surface area (Å²) >= 11 is 7.75. The molecule has 0 bridgehead atoms. The quantitative estimate of drug-likeness (QED) is 0.127. The average Bonchev–Trinajstić information content (AvgIpc) is 2.97. The highest BCUT2D eigenvalue weighted by Gasteiger charge is 2.13. The predicted molar refractivity (Wildman–Crippen MR) is 175 cm³/mol. The summed E-state index contributed by atoms with van der Waals surface area (Å²) in [6, 6.07) is 23.1. The van der Waals surface area contributed by atoms with E-state index in [1.807, 2.05) is 79.7 Å². The normalized spacial score (nSPS) is 11.5. The largest absolute Gasteiger partial charge is 0.351 e. The van der Waals surface area contributed by atoms with Crippen molar-refractivity contribution in [3.8, 4) is 0 Å². The van der Waals surface area contributed by atoms with Crippen molar-refractivity contribution in [3.63, 3.8) is 0 Å². The lowest BCUT2D eigenvalue weighted by molar-refractivity contribution is -0.107. The number of amides is 2. The molecule has 0 aliphatic rings. The summed E-state index contributed by atoms with van der Waals surface area (Å²) in [7, 11) is 0. The number of rotatable bonds is 17. The van der Waals surface area contributed by atoms with Crippen molar-refractivity contribution in [2.75, 3.05) is 31.1 Å². The lowest BCUT2D eigenvalue weighted by Gasteiger charge is -2.22. The first-order valence-corrected chi connectivity index (χ1v) is 15.6. The molecule has 0 heterocycles. The summed E-state index contributed by atoms with van der Waals surface area (Å²) in [5.41, 5.74) is 3.48. The summed E-state index contributed by atoms with van der Waals surface area (Å²) in [6.45, 7) is 10.6. The second-order valence-electron chi connectivity index (χ2n) is 10.1. The molecular weight excluding hydrogens is 550 g/mol. The number of nitrogens with zero attached hydrogens (tertiary/aromatic N) is 2. The van der Waals surface area contributed by atoms with Crippen LogP contribution in [0.4, 0.5) is 5.69 Å². The van der Waals surface area contributed by atoms with Gasteiger partial charge in [-0.05, 0) is 91.4 Å². The van der Waals surface area contributed by atoms with Crippen LogP contribution >= 0.6 is 23.4 Å². The molecule has 0 aliphatic heterocycles. The van der Waals surface area contributed by atoms with Gasteiger partial charge in [-0.1, -0.05) is 86.5 Å². The van der Waals surface area contributed by atoms with Crippen LogP contribution in [-0.2, 0) is 11.3 Å². The van der Waals surface area contributed by atoms with Crippen LogP contribution in [0.1, 0.15) is 67.9 Å². The fraction of sp³-hybridized carbons (Fsp3) is 0.353. The lowest BCUT2D eigenvalue weighted by atomic mass is 10.1. The molecule has 0 unspecified atom stereocenters. The number of carbonyl (C=O) groups is 2. The number of benzene rings is 3. The Morgan fingerprint density at radius 2 is 1.63 bits per heavy atom. The minimum atomic E-state index is -0.0415. The van der Waals surface area contributed by atoms with Gasteiger partial charge in [0.1, 0.15) is 0 Å². The van der Waals surface area contributed by atoms with Gasteiger partial charge in [0, 0.05) is 28.6 Å². The summed E-state index contributed by atoms with van der Waals surface area (Å²) < 4.78 is 0. The van der Waals surface area contributed by atoms with Crippen molar-refractivity contribution in [2.45, 2.75) is 57.9 Å². The Labute approximate surface area is 255 Å². The standard InChI is InChI=1S/C34H42ClN3O2S/c1-4-6-20-37(21-7-5-2)22-19-36-34(40)30-17-15-28(16-18-30)23-27(3)41-33-14-9-8-13-32(33)38(26-39)25-29-11-10-12-31(35)24-29/h8-18,23-24,26H,4-7,19-22,25H2,1-3H3,(H,36,40)/b27-23-. The maximum atomic E-state index is 12.7. The van der Waals surface area contributed by atoms with Gasteiger partial charge in [0.25, 0.3) is 5.91 Å². The molecule has 2 amide bonds. The number of thioether (sulfide) groups is 1. The van der Waals surface area contributed by atoms with Gasteiger partial charge in [0.2, 0.25) is 6.41 Å². The molecule has 218 valence electrons. The number of allylic oxidation sites excluding steroid dienone is 1. The van der Waals surface area contributed by atoms with E-state index >= 15 is 0 Å². The molecule has 0 saturated heterocycles. The highest BCUT2D eigenvalue weighted by atomic mass is 35.5. The molecule has 7 heteroatoms. The molecule has 0 atom stereocenters. The van der Waals surface area contributed by atoms with Crippen LogP contribution < -0.4 is 10.2 Å². The highest BCUT2D eigenvalue weighted by molar-refractivity contribution is 8.03.